The van der Waals surface area contributed by atoms with E-state index >= 15 is 0 Å². The molecule has 0 atom stereocenters. The molecule has 0 bridgehead atoms. The van der Waals surface area contributed by atoms with E-state index in [1.807, 2.05) is 12.1 Å². The number of rotatable bonds is 5. The standard InChI is InChI=1S/C16H16BrFN2O/c1-2-9-19-13-6-3-11(4-7-13)16(21)20-15-10-12(18)5-8-14(15)17/h3-8,10,19H,2,9H2,1H3,(H,20,21). The Morgan fingerprint density at radius 1 is 1.19 bits per heavy atom. The maximum atomic E-state index is 13.2. The first-order chi connectivity index (χ1) is 10.1. The zero-order chi connectivity index (χ0) is 15.2. The van der Waals surface area contributed by atoms with Crippen LogP contribution in [0.15, 0.2) is 46.9 Å². The predicted octanol–water partition coefficient (Wildman–Crippen LogP) is 4.66. The summed E-state index contributed by atoms with van der Waals surface area (Å²) in [7, 11) is 0. The lowest BCUT2D eigenvalue weighted by Gasteiger charge is -2.09. The lowest BCUT2D eigenvalue weighted by Crippen LogP contribution is -2.12. The van der Waals surface area contributed by atoms with E-state index in [4.69, 9.17) is 0 Å². The van der Waals surface area contributed by atoms with Gasteiger partial charge >= 0.3 is 0 Å². The molecule has 0 fully saturated rings. The van der Waals surface area contributed by atoms with Gasteiger partial charge in [0.25, 0.3) is 5.91 Å². The molecule has 0 aromatic heterocycles. The van der Waals surface area contributed by atoms with Gasteiger partial charge in [0.15, 0.2) is 0 Å². The Morgan fingerprint density at radius 2 is 1.90 bits per heavy atom. The summed E-state index contributed by atoms with van der Waals surface area (Å²) in [6.45, 7) is 2.98. The van der Waals surface area contributed by atoms with Crippen molar-refractivity contribution in [1.29, 1.82) is 0 Å². The summed E-state index contributed by atoms with van der Waals surface area (Å²) in [4.78, 5) is 12.1. The summed E-state index contributed by atoms with van der Waals surface area (Å²) < 4.78 is 13.8. The first-order valence-electron chi connectivity index (χ1n) is 6.70. The van der Waals surface area contributed by atoms with Crippen molar-refractivity contribution in [3.05, 3.63) is 58.3 Å². The molecule has 21 heavy (non-hydrogen) atoms. The third-order valence-corrected chi connectivity index (χ3v) is 3.59. The number of hydrogen-bond donors (Lipinski definition) is 2. The highest BCUT2D eigenvalue weighted by Crippen LogP contribution is 2.23. The van der Waals surface area contributed by atoms with Crippen LogP contribution in [-0.2, 0) is 0 Å². The highest BCUT2D eigenvalue weighted by molar-refractivity contribution is 9.10. The molecular weight excluding hydrogens is 335 g/mol. The van der Waals surface area contributed by atoms with E-state index in [1.165, 1.54) is 12.1 Å². The minimum absolute atomic E-state index is 0.275. The number of nitrogens with one attached hydrogen (secondary N) is 2. The number of carbonyl (C=O) groups is 1. The van der Waals surface area contributed by atoms with Crippen molar-refractivity contribution in [2.24, 2.45) is 0 Å². The van der Waals surface area contributed by atoms with Gasteiger partial charge in [-0.25, -0.2) is 4.39 Å². The maximum Gasteiger partial charge on any atom is 0.255 e. The van der Waals surface area contributed by atoms with E-state index in [1.54, 1.807) is 18.2 Å². The van der Waals surface area contributed by atoms with Crippen molar-refractivity contribution in [3.8, 4) is 0 Å². The Bertz CT molecular complexity index is 629. The molecule has 0 aliphatic rings. The molecule has 5 heteroatoms. The van der Waals surface area contributed by atoms with Gasteiger partial charge in [-0.05, 0) is 64.8 Å². The second kappa shape index (κ2) is 7.22. The number of halogens is 2. The lowest BCUT2D eigenvalue weighted by molar-refractivity contribution is 0.102. The van der Waals surface area contributed by atoms with Crippen molar-refractivity contribution in [1.82, 2.24) is 0 Å². The summed E-state index contributed by atoms with van der Waals surface area (Å²) >= 11 is 3.28. The van der Waals surface area contributed by atoms with Crippen molar-refractivity contribution in [3.63, 3.8) is 0 Å². The van der Waals surface area contributed by atoms with Crippen LogP contribution in [0.5, 0.6) is 0 Å². The van der Waals surface area contributed by atoms with Gasteiger partial charge in [-0.15, -0.1) is 0 Å². The van der Waals surface area contributed by atoms with Gasteiger partial charge in [0.05, 0.1) is 5.69 Å². The van der Waals surface area contributed by atoms with Gasteiger partial charge in [0.1, 0.15) is 5.82 Å². The van der Waals surface area contributed by atoms with Crippen molar-refractivity contribution in [2.45, 2.75) is 13.3 Å². The van der Waals surface area contributed by atoms with Crippen molar-refractivity contribution < 1.29 is 9.18 Å². The molecule has 0 aliphatic heterocycles. The molecule has 0 saturated carbocycles. The summed E-state index contributed by atoms with van der Waals surface area (Å²) in [5.74, 6) is -0.670. The zero-order valence-electron chi connectivity index (χ0n) is 11.6. The van der Waals surface area contributed by atoms with Crippen LogP contribution in [-0.4, -0.2) is 12.5 Å². The minimum atomic E-state index is -0.396. The Balaban J connectivity index is 2.07. The number of hydrogen-bond acceptors (Lipinski definition) is 2. The quantitative estimate of drug-likeness (QED) is 0.823. The molecule has 0 saturated heterocycles. The topological polar surface area (TPSA) is 41.1 Å². The van der Waals surface area contributed by atoms with E-state index < -0.39 is 5.82 Å². The largest absolute Gasteiger partial charge is 0.385 e. The van der Waals surface area contributed by atoms with Crippen LogP contribution in [0, 0.1) is 5.82 Å². The smallest absolute Gasteiger partial charge is 0.255 e. The van der Waals surface area contributed by atoms with Crippen LogP contribution in [0.3, 0.4) is 0 Å². The monoisotopic (exact) mass is 350 g/mol. The fourth-order valence-electron chi connectivity index (χ4n) is 1.80. The van der Waals surface area contributed by atoms with E-state index in [9.17, 15) is 9.18 Å². The van der Waals surface area contributed by atoms with Crippen LogP contribution in [0.1, 0.15) is 23.7 Å². The van der Waals surface area contributed by atoms with E-state index in [-0.39, 0.29) is 5.91 Å². The molecule has 0 heterocycles. The second-order valence-corrected chi connectivity index (χ2v) is 5.44. The molecular formula is C16H16BrFN2O. The molecule has 1 amide bonds. The summed E-state index contributed by atoms with van der Waals surface area (Å²) in [6, 6.07) is 11.3. The molecule has 0 radical (unpaired) electrons. The number of anilines is 2. The van der Waals surface area contributed by atoms with Gasteiger partial charge in [0.2, 0.25) is 0 Å². The first-order valence-corrected chi connectivity index (χ1v) is 7.50. The third-order valence-electron chi connectivity index (χ3n) is 2.90. The lowest BCUT2D eigenvalue weighted by atomic mass is 10.2. The second-order valence-electron chi connectivity index (χ2n) is 4.58. The molecule has 2 aromatic carbocycles. The molecule has 3 nitrogen and oxygen atoms in total. The SMILES string of the molecule is CCCNc1ccc(C(=O)Nc2cc(F)ccc2Br)cc1. The molecule has 0 spiro atoms. The normalized spacial score (nSPS) is 10.2. The fraction of sp³-hybridized carbons (Fsp3) is 0.188. The first kappa shape index (κ1) is 15.5. The van der Waals surface area contributed by atoms with Crippen LogP contribution in [0.25, 0.3) is 0 Å². The Kier molecular flexibility index (Phi) is 5.33. The zero-order valence-corrected chi connectivity index (χ0v) is 13.2. The average molecular weight is 351 g/mol. The molecule has 2 rings (SSSR count). The van der Waals surface area contributed by atoms with Crippen LogP contribution in [0.2, 0.25) is 0 Å². The van der Waals surface area contributed by atoms with Crippen LogP contribution < -0.4 is 10.6 Å². The van der Waals surface area contributed by atoms with Gasteiger partial charge in [-0.2, -0.15) is 0 Å². The number of amides is 1. The number of carbonyl (C=O) groups excluding carboxylic acids is 1. The summed E-state index contributed by atoms with van der Waals surface area (Å²) in [5.41, 5.74) is 1.90. The van der Waals surface area contributed by atoms with Crippen LogP contribution in [0.4, 0.5) is 15.8 Å². The van der Waals surface area contributed by atoms with Crippen molar-refractivity contribution in [2.75, 3.05) is 17.2 Å². The molecule has 2 aromatic rings. The molecule has 0 unspecified atom stereocenters. The Hall–Kier alpha value is -1.88. The van der Waals surface area contributed by atoms with E-state index in [0.717, 1.165) is 18.7 Å². The third kappa shape index (κ3) is 4.29. The Labute approximate surface area is 131 Å². The van der Waals surface area contributed by atoms with E-state index in [2.05, 4.69) is 33.5 Å². The average Bonchev–Trinajstić information content (AvgIpc) is 2.49. The number of benzene rings is 2. The fourth-order valence-corrected chi connectivity index (χ4v) is 2.14. The van der Waals surface area contributed by atoms with Gasteiger partial charge < -0.3 is 10.6 Å². The van der Waals surface area contributed by atoms with Crippen LogP contribution >= 0.6 is 15.9 Å². The molecule has 2 N–H and O–H groups in total. The summed E-state index contributed by atoms with van der Waals surface area (Å²) in [5, 5.41) is 5.92. The molecule has 110 valence electrons. The van der Waals surface area contributed by atoms with E-state index in [0.29, 0.717) is 15.7 Å². The van der Waals surface area contributed by atoms with Gasteiger partial charge in [-0.3, -0.25) is 4.79 Å². The van der Waals surface area contributed by atoms with Gasteiger partial charge in [0, 0.05) is 22.3 Å². The Morgan fingerprint density at radius 3 is 2.57 bits per heavy atom. The maximum absolute atomic E-state index is 13.2. The summed E-state index contributed by atoms with van der Waals surface area (Å²) in [6.07, 6.45) is 1.04. The molecule has 0 aliphatic carbocycles. The predicted molar refractivity (Wildman–Crippen MR) is 87.3 cm³/mol. The highest BCUT2D eigenvalue weighted by atomic mass is 79.9. The highest BCUT2D eigenvalue weighted by Gasteiger charge is 2.09. The minimum Gasteiger partial charge on any atom is -0.385 e. The van der Waals surface area contributed by atoms with Crippen molar-refractivity contribution >= 4 is 33.2 Å². The van der Waals surface area contributed by atoms with Gasteiger partial charge in [-0.1, -0.05) is 6.92 Å².